The maximum absolute atomic E-state index is 13.1. The summed E-state index contributed by atoms with van der Waals surface area (Å²) in [6.45, 7) is 7.31. The van der Waals surface area contributed by atoms with Crippen molar-refractivity contribution < 1.29 is 37.3 Å². The Balaban J connectivity index is 1.32. The molecule has 2 aliphatic rings. The van der Waals surface area contributed by atoms with Crippen LogP contribution in [-0.4, -0.2) is 71.7 Å². The third kappa shape index (κ3) is 8.15. The fourth-order valence-electron chi connectivity index (χ4n) is 6.45. The van der Waals surface area contributed by atoms with Crippen molar-refractivity contribution in [3.8, 4) is 11.1 Å². The van der Waals surface area contributed by atoms with Crippen LogP contribution in [0.25, 0.3) is 11.1 Å². The van der Waals surface area contributed by atoms with Gasteiger partial charge in [-0.1, -0.05) is 85.8 Å². The molecule has 11 heteroatoms. The zero-order valence-electron chi connectivity index (χ0n) is 27.2. The first-order chi connectivity index (χ1) is 23.0. The van der Waals surface area contributed by atoms with Gasteiger partial charge in [0.1, 0.15) is 6.04 Å². The van der Waals surface area contributed by atoms with Gasteiger partial charge in [0, 0.05) is 37.7 Å². The summed E-state index contributed by atoms with van der Waals surface area (Å²) >= 11 is 0. The van der Waals surface area contributed by atoms with Crippen molar-refractivity contribution in [2.45, 2.75) is 63.6 Å². The fraction of sp³-hybridized carbons (Fsp3) is 0.405. The number of alkyl halides is 3. The molecule has 2 heterocycles. The van der Waals surface area contributed by atoms with Crippen LogP contribution in [-0.2, 0) is 32.2 Å². The summed E-state index contributed by atoms with van der Waals surface area (Å²) in [6.07, 6.45) is -3.67. The van der Waals surface area contributed by atoms with Crippen LogP contribution >= 0.6 is 0 Å². The van der Waals surface area contributed by atoms with Crippen molar-refractivity contribution in [2.75, 3.05) is 26.7 Å². The highest BCUT2D eigenvalue weighted by Crippen LogP contribution is 2.42. The Morgan fingerprint density at radius 2 is 1.73 bits per heavy atom. The number of carbonyl (C=O) groups is 2. The van der Waals surface area contributed by atoms with Crippen molar-refractivity contribution in [3.05, 3.63) is 108 Å². The van der Waals surface area contributed by atoms with Crippen molar-refractivity contribution in [1.82, 2.24) is 15.1 Å². The first-order valence-corrected chi connectivity index (χ1v) is 16.1. The van der Waals surface area contributed by atoms with Crippen LogP contribution in [0, 0.1) is 5.92 Å². The zero-order chi connectivity index (χ0) is 34.4. The molecular formula is C37H42F3N3O5. The molecule has 8 nitrogen and oxygen atoms in total. The minimum absolute atomic E-state index is 0.0357. The summed E-state index contributed by atoms with van der Waals surface area (Å²) < 4.78 is 52.3. The molecular weight excluding hydrogens is 623 g/mol. The molecule has 5 atom stereocenters. The standard InChI is InChI=1S/C37H42F3N3O5/c1-4-19-42(3)22-32-24(2)33(27-13-11-25(23-44)12-14-27)48-35(47-32)28-17-15-26(16-18-28)30-9-6-5-8-29(30)21-41-34(45)31-10-7-20-43(31)36(46)37(38,39)40/h4-6,8-9,11-18,24,31-33,35,44H,1,7,10,19-23H2,2-3H3,(H,41,45). The minimum atomic E-state index is -5.02. The molecule has 3 aromatic carbocycles. The fourth-order valence-corrected chi connectivity index (χ4v) is 6.45. The van der Waals surface area contributed by atoms with Crippen LogP contribution in [0.4, 0.5) is 13.2 Å². The Morgan fingerprint density at radius 3 is 2.40 bits per heavy atom. The Kier molecular flexibility index (Phi) is 11.4. The Labute approximate surface area is 279 Å². The quantitative estimate of drug-likeness (QED) is 0.247. The second kappa shape index (κ2) is 15.5. The van der Waals surface area contributed by atoms with Crippen LogP contribution in [0.3, 0.4) is 0 Å². The van der Waals surface area contributed by atoms with Gasteiger partial charge in [-0.3, -0.25) is 9.59 Å². The Hall–Kier alpha value is -4.03. The molecule has 0 aliphatic carbocycles. The molecule has 5 unspecified atom stereocenters. The van der Waals surface area contributed by atoms with Gasteiger partial charge >= 0.3 is 12.1 Å². The maximum Gasteiger partial charge on any atom is 0.471 e. The third-order valence-corrected chi connectivity index (χ3v) is 9.08. The highest BCUT2D eigenvalue weighted by Gasteiger charge is 2.47. The number of hydrogen-bond acceptors (Lipinski definition) is 6. The second-order valence-corrected chi connectivity index (χ2v) is 12.5. The number of halogens is 3. The Bertz CT molecular complexity index is 1560. The number of aliphatic hydroxyl groups is 1. The van der Waals surface area contributed by atoms with Gasteiger partial charge in [-0.15, -0.1) is 6.58 Å². The van der Waals surface area contributed by atoms with E-state index < -0.39 is 30.3 Å². The topological polar surface area (TPSA) is 91.3 Å². The van der Waals surface area contributed by atoms with Gasteiger partial charge in [-0.25, -0.2) is 0 Å². The van der Waals surface area contributed by atoms with Crippen LogP contribution in [0.1, 0.15) is 54.4 Å². The molecule has 2 N–H and O–H groups in total. The zero-order valence-corrected chi connectivity index (χ0v) is 27.2. The summed E-state index contributed by atoms with van der Waals surface area (Å²) in [6, 6.07) is 21.9. The van der Waals surface area contributed by atoms with E-state index in [0.717, 1.165) is 33.4 Å². The summed E-state index contributed by atoms with van der Waals surface area (Å²) in [7, 11) is 2.02. The first-order valence-electron chi connectivity index (χ1n) is 16.1. The van der Waals surface area contributed by atoms with Gasteiger partial charge in [-0.05, 0) is 47.7 Å². The van der Waals surface area contributed by atoms with Crippen molar-refractivity contribution in [1.29, 1.82) is 0 Å². The molecule has 2 saturated heterocycles. The van der Waals surface area contributed by atoms with E-state index in [1.165, 1.54) is 0 Å². The number of aliphatic hydroxyl groups excluding tert-OH is 1. The molecule has 0 aromatic heterocycles. The van der Waals surface area contributed by atoms with E-state index in [1.54, 1.807) is 0 Å². The van der Waals surface area contributed by atoms with E-state index >= 15 is 0 Å². The normalized spacial score (nSPS) is 22.9. The molecule has 0 saturated carbocycles. The lowest BCUT2D eigenvalue weighted by molar-refractivity contribution is -0.275. The number of carbonyl (C=O) groups excluding carboxylic acids is 2. The van der Waals surface area contributed by atoms with E-state index in [1.807, 2.05) is 85.9 Å². The summed E-state index contributed by atoms with van der Waals surface area (Å²) in [5.74, 6) is -2.55. The predicted octanol–water partition coefficient (Wildman–Crippen LogP) is 5.92. The monoisotopic (exact) mass is 665 g/mol. The predicted molar refractivity (Wildman–Crippen MR) is 175 cm³/mol. The summed E-state index contributed by atoms with van der Waals surface area (Å²) in [5.41, 5.74) is 5.16. The van der Waals surface area contributed by atoms with Crippen molar-refractivity contribution in [3.63, 3.8) is 0 Å². The van der Waals surface area contributed by atoms with Gasteiger partial charge in [-0.2, -0.15) is 13.2 Å². The number of rotatable bonds is 11. The van der Waals surface area contributed by atoms with Crippen molar-refractivity contribution in [2.24, 2.45) is 5.92 Å². The molecule has 5 rings (SSSR count). The number of benzene rings is 3. The molecule has 256 valence electrons. The highest BCUT2D eigenvalue weighted by molar-refractivity contribution is 5.90. The van der Waals surface area contributed by atoms with Crippen LogP contribution in [0.2, 0.25) is 0 Å². The van der Waals surface area contributed by atoms with E-state index in [0.29, 0.717) is 24.4 Å². The van der Waals surface area contributed by atoms with Gasteiger partial charge in [0.2, 0.25) is 5.91 Å². The van der Waals surface area contributed by atoms with Gasteiger partial charge in [0.25, 0.3) is 0 Å². The third-order valence-electron chi connectivity index (χ3n) is 9.08. The van der Waals surface area contributed by atoms with Crippen molar-refractivity contribution >= 4 is 11.8 Å². The number of nitrogens with zero attached hydrogens (tertiary/aromatic N) is 2. The van der Waals surface area contributed by atoms with Gasteiger partial charge in [0.15, 0.2) is 6.29 Å². The molecule has 2 fully saturated rings. The molecule has 0 radical (unpaired) electrons. The second-order valence-electron chi connectivity index (χ2n) is 12.5. The van der Waals surface area contributed by atoms with E-state index in [9.17, 15) is 27.9 Å². The van der Waals surface area contributed by atoms with Crippen LogP contribution in [0.15, 0.2) is 85.5 Å². The number of amides is 2. The lowest BCUT2D eigenvalue weighted by Crippen LogP contribution is -2.50. The summed E-state index contributed by atoms with van der Waals surface area (Å²) in [4.78, 5) is 27.5. The SMILES string of the molecule is C=CCN(C)CC1OC(c2ccc(-c3ccccc3CNC(=O)C3CCCN3C(=O)C(F)(F)F)cc2)OC(c2ccc(CO)cc2)C1C. The van der Waals surface area contributed by atoms with E-state index in [4.69, 9.17) is 9.47 Å². The van der Waals surface area contributed by atoms with Crippen LogP contribution < -0.4 is 5.32 Å². The average molecular weight is 666 g/mol. The number of ether oxygens (including phenoxy) is 2. The van der Waals surface area contributed by atoms with Crippen LogP contribution in [0.5, 0.6) is 0 Å². The largest absolute Gasteiger partial charge is 0.471 e. The van der Waals surface area contributed by atoms with Gasteiger partial charge < -0.3 is 29.7 Å². The Morgan fingerprint density at radius 1 is 1.04 bits per heavy atom. The number of likely N-dealkylation sites (N-methyl/N-ethyl adjacent to an activating group) is 1. The molecule has 0 spiro atoms. The number of nitrogens with one attached hydrogen (secondary N) is 1. The molecule has 2 aliphatic heterocycles. The van der Waals surface area contributed by atoms with E-state index in [-0.39, 0.29) is 44.2 Å². The maximum atomic E-state index is 13.1. The average Bonchev–Trinajstić information content (AvgIpc) is 3.58. The molecule has 3 aromatic rings. The lowest BCUT2D eigenvalue weighted by Gasteiger charge is -2.42. The van der Waals surface area contributed by atoms with E-state index in [2.05, 4.69) is 23.7 Å². The lowest BCUT2D eigenvalue weighted by atomic mass is 9.90. The highest BCUT2D eigenvalue weighted by atomic mass is 19.4. The molecule has 0 bridgehead atoms. The smallest absolute Gasteiger partial charge is 0.392 e. The molecule has 2 amide bonds. The number of likely N-dealkylation sites (tertiary alicyclic amines) is 1. The number of hydrogen-bond donors (Lipinski definition) is 2. The minimum Gasteiger partial charge on any atom is -0.392 e. The van der Waals surface area contributed by atoms with Gasteiger partial charge in [0.05, 0.1) is 18.8 Å². The molecule has 48 heavy (non-hydrogen) atoms. The summed E-state index contributed by atoms with van der Waals surface area (Å²) in [5, 5.41) is 12.3. The first kappa shape index (κ1) is 35.3.